The van der Waals surface area contributed by atoms with Gasteiger partial charge >= 0.3 is 0 Å². The topological polar surface area (TPSA) is 50.4 Å². The van der Waals surface area contributed by atoms with Crippen molar-refractivity contribution in [3.8, 4) is 5.75 Å². The van der Waals surface area contributed by atoms with Crippen LogP contribution in [-0.2, 0) is 4.79 Å². The standard InChI is InChI=1S/C18H21BrN2O2/c1-12-4-7-17(23-3)16(10-12)21-18(22)8-9-20-14-6-5-13(2)15(19)11-14/h4-7,10-11,20H,8-9H2,1-3H3,(H,21,22). The Bertz CT molecular complexity index is 701. The van der Waals surface area contributed by atoms with E-state index in [0.29, 0.717) is 24.4 Å². The monoisotopic (exact) mass is 376 g/mol. The molecule has 0 heterocycles. The quantitative estimate of drug-likeness (QED) is 0.779. The molecule has 0 aliphatic heterocycles. The van der Waals surface area contributed by atoms with Gasteiger partial charge in [0.15, 0.2) is 0 Å². The van der Waals surface area contributed by atoms with Crippen molar-refractivity contribution < 1.29 is 9.53 Å². The van der Waals surface area contributed by atoms with Crippen molar-refractivity contribution in [2.75, 3.05) is 24.3 Å². The van der Waals surface area contributed by atoms with Crippen molar-refractivity contribution in [3.63, 3.8) is 0 Å². The summed E-state index contributed by atoms with van der Waals surface area (Å²) in [5.74, 6) is 0.618. The molecule has 4 nitrogen and oxygen atoms in total. The Morgan fingerprint density at radius 3 is 2.65 bits per heavy atom. The van der Waals surface area contributed by atoms with Gasteiger partial charge in [-0.3, -0.25) is 4.79 Å². The number of aryl methyl sites for hydroxylation is 2. The molecule has 2 aromatic rings. The van der Waals surface area contributed by atoms with Gasteiger partial charge in [0.1, 0.15) is 5.75 Å². The van der Waals surface area contributed by atoms with E-state index in [1.807, 2.05) is 50.2 Å². The molecule has 0 unspecified atom stereocenters. The molecule has 5 heteroatoms. The third-order valence-electron chi connectivity index (χ3n) is 3.48. The van der Waals surface area contributed by atoms with Gasteiger partial charge in [0.05, 0.1) is 12.8 Å². The summed E-state index contributed by atoms with van der Waals surface area (Å²) in [5, 5.41) is 6.14. The summed E-state index contributed by atoms with van der Waals surface area (Å²) in [6.07, 6.45) is 0.378. The highest BCUT2D eigenvalue weighted by molar-refractivity contribution is 9.10. The maximum atomic E-state index is 12.1. The number of nitrogens with one attached hydrogen (secondary N) is 2. The second kappa shape index (κ2) is 8.02. The van der Waals surface area contributed by atoms with Gasteiger partial charge in [-0.2, -0.15) is 0 Å². The molecule has 0 bridgehead atoms. The van der Waals surface area contributed by atoms with Gasteiger partial charge in [0, 0.05) is 23.1 Å². The molecule has 0 aliphatic carbocycles. The fourth-order valence-corrected chi connectivity index (χ4v) is 2.53. The first-order chi connectivity index (χ1) is 11.0. The molecule has 0 aliphatic rings. The predicted molar refractivity (Wildman–Crippen MR) is 98.3 cm³/mol. The minimum atomic E-state index is -0.0485. The van der Waals surface area contributed by atoms with Crippen LogP contribution in [0.15, 0.2) is 40.9 Å². The second-order valence-electron chi connectivity index (χ2n) is 5.39. The second-order valence-corrected chi connectivity index (χ2v) is 6.25. The lowest BCUT2D eigenvalue weighted by atomic mass is 10.2. The lowest BCUT2D eigenvalue weighted by molar-refractivity contribution is -0.115. The molecular weight excluding hydrogens is 356 g/mol. The molecule has 122 valence electrons. The molecule has 2 aromatic carbocycles. The third kappa shape index (κ3) is 4.99. The predicted octanol–water partition coefficient (Wildman–Crippen LogP) is 4.52. The van der Waals surface area contributed by atoms with E-state index >= 15 is 0 Å². The summed E-state index contributed by atoms with van der Waals surface area (Å²) in [7, 11) is 1.59. The first-order valence-corrected chi connectivity index (χ1v) is 8.23. The molecule has 0 atom stereocenters. The van der Waals surface area contributed by atoms with E-state index in [0.717, 1.165) is 15.7 Å². The van der Waals surface area contributed by atoms with Gasteiger partial charge in [-0.1, -0.05) is 28.1 Å². The van der Waals surface area contributed by atoms with Gasteiger partial charge in [0.2, 0.25) is 5.91 Å². The van der Waals surface area contributed by atoms with Crippen LogP contribution in [0.2, 0.25) is 0 Å². The summed E-state index contributed by atoms with van der Waals surface area (Å²) in [4.78, 5) is 12.1. The summed E-state index contributed by atoms with van der Waals surface area (Å²) in [6, 6.07) is 11.8. The van der Waals surface area contributed by atoms with Crippen molar-refractivity contribution in [2.24, 2.45) is 0 Å². The molecule has 0 fully saturated rings. The summed E-state index contributed by atoms with van der Waals surface area (Å²) in [6.45, 7) is 4.58. The lowest BCUT2D eigenvalue weighted by Crippen LogP contribution is -2.16. The van der Waals surface area contributed by atoms with E-state index in [9.17, 15) is 4.79 Å². The van der Waals surface area contributed by atoms with Crippen LogP contribution in [-0.4, -0.2) is 19.6 Å². The van der Waals surface area contributed by atoms with E-state index in [2.05, 4.69) is 26.6 Å². The number of amides is 1. The van der Waals surface area contributed by atoms with Crippen molar-refractivity contribution in [1.29, 1.82) is 0 Å². The maximum Gasteiger partial charge on any atom is 0.226 e. The number of carbonyl (C=O) groups excluding carboxylic acids is 1. The number of anilines is 2. The number of benzene rings is 2. The van der Waals surface area contributed by atoms with Gasteiger partial charge in [-0.05, 0) is 49.2 Å². The van der Waals surface area contributed by atoms with Crippen LogP contribution in [0.4, 0.5) is 11.4 Å². The molecule has 0 aromatic heterocycles. The average Bonchev–Trinajstić information content (AvgIpc) is 2.51. The zero-order chi connectivity index (χ0) is 16.8. The number of hydrogen-bond acceptors (Lipinski definition) is 3. The van der Waals surface area contributed by atoms with Crippen LogP contribution in [0.5, 0.6) is 5.75 Å². The zero-order valence-electron chi connectivity index (χ0n) is 13.6. The van der Waals surface area contributed by atoms with Crippen molar-refractivity contribution in [3.05, 3.63) is 52.0 Å². The van der Waals surface area contributed by atoms with Crippen molar-refractivity contribution >= 4 is 33.2 Å². The molecule has 2 rings (SSSR count). The molecule has 2 N–H and O–H groups in total. The van der Waals surface area contributed by atoms with Gasteiger partial charge < -0.3 is 15.4 Å². The number of hydrogen-bond donors (Lipinski definition) is 2. The third-order valence-corrected chi connectivity index (χ3v) is 4.34. The molecule has 0 radical (unpaired) electrons. The van der Waals surface area contributed by atoms with E-state index in [-0.39, 0.29) is 5.91 Å². The van der Waals surface area contributed by atoms with Crippen LogP contribution in [0.1, 0.15) is 17.5 Å². The Balaban J connectivity index is 1.88. The number of carbonyl (C=O) groups is 1. The molecule has 23 heavy (non-hydrogen) atoms. The Morgan fingerprint density at radius 2 is 1.96 bits per heavy atom. The zero-order valence-corrected chi connectivity index (χ0v) is 15.2. The summed E-state index contributed by atoms with van der Waals surface area (Å²) in [5.41, 5.74) is 3.95. The molecule has 0 saturated heterocycles. The summed E-state index contributed by atoms with van der Waals surface area (Å²) < 4.78 is 6.32. The fraction of sp³-hybridized carbons (Fsp3) is 0.278. The molecule has 0 spiro atoms. The molecular formula is C18H21BrN2O2. The number of methoxy groups -OCH3 is 1. The Morgan fingerprint density at radius 1 is 1.17 bits per heavy atom. The number of rotatable bonds is 6. The van der Waals surface area contributed by atoms with Gasteiger partial charge in [0.25, 0.3) is 0 Å². The highest BCUT2D eigenvalue weighted by Gasteiger charge is 2.08. The van der Waals surface area contributed by atoms with Crippen LogP contribution < -0.4 is 15.4 Å². The normalized spacial score (nSPS) is 10.3. The largest absolute Gasteiger partial charge is 0.495 e. The Hall–Kier alpha value is -2.01. The minimum absolute atomic E-state index is 0.0485. The maximum absolute atomic E-state index is 12.1. The van der Waals surface area contributed by atoms with Gasteiger partial charge in [-0.25, -0.2) is 0 Å². The highest BCUT2D eigenvalue weighted by Crippen LogP contribution is 2.25. The van der Waals surface area contributed by atoms with Crippen molar-refractivity contribution in [2.45, 2.75) is 20.3 Å². The van der Waals surface area contributed by atoms with Crippen LogP contribution in [0.25, 0.3) is 0 Å². The van der Waals surface area contributed by atoms with Crippen LogP contribution in [0, 0.1) is 13.8 Å². The fourth-order valence-electron chi connectivity index (χ4n) is 2.16. The van der Waals surface area contributed by atoms with E-state index in [4.69, 9.17) is 4.74 Å². The van der Waals surface area contributed by atoms with Crippen LogP contribution in [0.3, 0.4) is 0 Å². The average molecular weight is 377 g/mol. The van der Waals surface area contributed by atoms with E-state index in [1.54, 1.807) is 7.11 Å². The first-order valence-electron chi connectivity index (χ1n) is 7.44. The van der Waals surface area contributed by atoms with Crippen LogP contribution >= 0.6 is 15.9 Å². The lowest BCUT2D eigenvalue weighted by Gasteiger charge is -2.12. The first kappa shape index (κ1) is 17.3. The smallest absolute Gasteiger partial charge is 0.226 e. The minimum Gasteiger partial charge on any atom is -0.495 e. The molecule has 0 saturated carbocycles. The number of halogens is 1. The summed E-state index contributed by atoms with van der Waals surface area (Å²) >= 11 is 3.50. The van der Waals surface area contributed by atoms with E-state index < -0.39 is 0 Å². The van der Waals surface area contributed by atoms with Crippen molar-refractivity contribution in [1.82, 2.24) is 0 Å². The number of ether oxygens (including phenoxy) is 1. The van der Waals surface area contributed by atoms with E-state index in [1.165, 1.54) is 5.56 Å². The Kier molecular flexibility index (Phi) is 6.04. The SMILES string of the molecule is COc1ccc(C)cc1NC(=O)CCNc1ccc(C)c(Br)c1. The highest BCUT2D eigenvalue weighted by atomic mass is 79.9. The Labute approximate surface area is 145 Å². The van der Waals surface area contributed by atoms with Gasteiger partial charge in [-0.15, -0.1) is 0 Å². The molecule has 1 amide bonds.